The third-order valence-electron chi connectivity index (χ3n) is 4.30. The molecule has 1 N–H and O–H groups in total. The fourth-order valence-corrected chi connectivity index (χ4v) is 2.91. The van der Waals surface area contributed by atoms with E-state index >= 15 is 0 Å². The van der Waals surface area contributed by atoms with Crippen molar-refractivity contribution in [2.75, 3.05) is 13.6 Å². The summed E-state index contributed by atoms with van der Waals surface area (Å²) in [5, 5.41) is 9.42. The van der Waals surface area contributed by atoms with Gasteiger partial charge in [0.15, 0.2) is 0 Å². The first-order valence-corrected chi connectivity index (χ1v) is 6.95. The van der Waals surface area contributed by atoms with Crippen LogP contribution in [-0.4, -0.2) is 35.1 Å². The van der Waals surface area contributed by atoms with Crippen LogP contribution in [0.25, 0.3) is 0 Å². The smallest absolute Gasteiger partial charge is 0.323 e. The molecular weight excluding hydrogens is 214 g/mol. The number of carboxylic acid groups (broad SMARTS) is 1. The van der Waals surface area contributed by atoms with E-state index < -0.39 is 11.5 Å². The Kier molecular flexibility index (Phi) is 5.44. The number of hydrogen-bond donors (Lipinski definition) is 1. The van der Waals surface area contributed by atoms with Crippen molar-refractivity contribution in [3.8, 4) is 0 Å². The van der Waals surface area contributed by atoms with Crippen molar-refractivity contribution in [1.82, 2.24) is 4.90 Å². The first-order valence-electron chi connectivity index (χ1n) is 6.95. The molecule has 3 nitrogen and oxygen atoms in total. The van der Waals surface area contributed by atoms with Gasteiger partial charge in [-0.25, -0.2) is 0 Å². The minimum atomic E-state index is -0.688. The Morgan fingerprint density at radius 2 is 1.94 bits per heavy atom. The quantitative estimate of drug-likeness (QED) is 0.776. The number of aliphatic carboxylic acids is 1. The highest BCUT2D eigenvalue weighted by Crippen LogP contribution is 2.28. The zero-order valence-electron chi connectivity index (χ0n) is 11.5. The van der Waals surface area contributed by atoms with Crippen molar-refractivity contribution in [3.05, 3.63) is 0 Å². The monoisotopic (exact) mass is 241 g/mol. The van der Waals surface area contributed by atoms with E-state index in [0.717, 1.165) is 19.4 Å². The summed E-state index contributed by atoms with van der Waals surface area (Å²) in [6, 6.07) is 0. The molecule has 17 heavy (non-hydrogen) atoms. The summed E-state index contributed by atoms with van der Waals surface area (Å²) >= 11 is 0. The molecule has 1 aliphatic rings. The Labute approximate surface area is 105 Å². The minimum Gasteiger partial charge on any atom is -0.480 e. The lowest BCUT2D eigenvalue weighted by Crippen LogP contribution is -2.52. The number of carbonyl (C=O) groups is 1. The molecule has 1 atom stereocenters. The molecule has 0 spiro atoms. The van der Waals surface area contributed by atoms with E-state index in [1.807, 2.05) is 14.0 Å². The molecule has 0 aromatic rings. The maximum atomic E-state index is 11.5. The van der Waals surface area contributed by atoms with E-state index in [1.165, 1.54) is 32.1 Å². The Balaban J connectivity index is 2.57. The van der Waals surface area contributed by atoms with Gasteiger partial charge in [-0.3, -0.25) is 9.69 Å². The molecule has 0 aliphatic heterocycles. The van der Waals surface area contributed by atoms with Crippen molar-refractivity contribution < 1.29 is 9.90 Å². The Hall–Kier alpha value is -0.570. The van der Waals surface area contributed by atoms with Crippen molar-refractivity contribution in [1.29, 1.82) is 0 Å². The molecule has 0 amide bonds. The Morgan fingerprint density at radius 1 is 1.35 bits per heavy atom. The number of likely N-dealkylation sites (N-methyl/N-ethyl adjacent to an activating group) is 1. The van der Waals surface area contributed by atoms with E-state index in [0.29, 0.717) is 5.92 Å². The van der Waals surface area contributed by atoms with Crippen LogP contribution in [0.2, 0.25) is 0 Å². The van der Waals surface area contributed by atoms with Crippen LogP contribution < -0.4 is 0 Å². The van der Waals surface area contributed by atoms with Crippen molar-refractivity contribution in [2.24, 2.45) is 5.92 Å². The molecule has 1 saturated carbocycles. The molecule has 0 aromatic carbocycles. The van der Waals surface area contributed by atoms with Gasteiger partial charge in [-0.15, -0.1) is 0 Å². The molecule has 1 rings (SSSR count). The second kappa shape index (κ2) is 6.39. The molecule has 0 aromatic heterocycles. The highest BCUT2D eigenvalue weighted by atomic mass is 16.4. The van der Waals surface area contributed by atoms with Crippen molar-refractivity contribution >= 4 is 5.97 Å². The van der Waals surface area contributed by atoms with Crippen LogP contribution >= 0.6 is 0 Å². The van der Waals surface area contributed by atoms with E-state index in [-0.39, 0.29) is 0 Å². The molecule has 0 heterocycles. The lowest BCUT2D eigenvalue weighted by molar-refractivity contribution is -0.150. The zero-order valence-corrected chi connectivity index (χ0v) is 11.5. The summed E-state index contributed by atoms with van der Waals surface area (Å²) in [5.41, 5.74) is -0.688. The third-order valence-corrected chi connectivity index (χ3v) is 4.30. The SMILES string of the molecule is CCCC(C)(C(=O)O)N(C)CC1CCCCC1. The molecule has 1 fully saturated rings. The molecule has 0 bridgehead atoms. The number of rotatable bonds is 6. The largest absolute Gasteiger partial charge is 0.480 e. The molecule has 3 heteroatoms. The van der Waals surface area contributed by atoms with Crippen LogP contribution in [-0.2, 0) is 4.79 Å². The third kappa shape index (κ3) is 3.70. The predicted molar refractivity (Wildman–Crippen MR) is 70.2 cm³/mol. The number of nitrogens with zero attached hydrogens (tertiary/aromatic N) is 1. The van der Waals surface area contributed by atoms with Crippen molar-refractivity contribution in [2.45, 2.75) is 64.3 Å². The maximum absolute atomic E-state index is 11.5. The average Bonchev–Trinajstić information content (AvgIpc) is 2.30. The topological polar surface area (TPSA) is 40.5 Å². The summed E-state index contributed by atoms with van der Waals surface area (Å²) < 4.78 is 0. The lowest BCUT2D eigenvalue weighted by Gasteiger charge is -2.38. The van der Waals surface area contributed by atoms with Crippen LogP contribution in [0.1, 0.15) is 58.8 Å². The lowest BCUT2D eigenvalue weighted by atomic mass is 9.86. The molecular formula is C14H27NO2. The zero-order chi connectivity index (χ0) is 12.9. The normalized spacial score (nSPS) is 21.4. The summed E-state index contributed by atoms with van der Waals surface area (Å²) in [6.45, 7) is 4.85. The second-order valence-electron chi connectivity index (χ2n) is 5.71. The van der Waals surface area contributed by atoms with Gasteiger partial charge in [-0.05, 0) is 39.2 Å². The minimum absolute atomic E-state index is 0.683. The van der Waals surface area contributed by atoms with Gasteiger partial charge in [0.2, 0.25) is 0 Å². The highest BCUT2D eigenvalue weighted by molar-refractivity contribution is 5.78. The van der Waals surface area contributed by atoms with Gasteiger partial charge in [0.05, 0.1) is 0 Å². The van der Waals surface area contributed by atoms with E-state index in [4.69, 9.17) is 0 Å². The van der Waals surface area contributed by atoms with Gasteiger partial charge in [0, 0.05) is 6.54 Å². The van der Waals surface area contributed by atoms with Crippen LogP contribution in [0.4, 0.5) is 0 Å². The Morgan fingerprint density at radius 3 is 2.41 bits per heavy atom. The summed E-state index contributed by atoms with van der Waals surface area (Å²) in [5.74, 6) is 0.0157. The maximum Gasteiger partial charge on any atom is 0.323 e. The molecule has 100 valence electrons. The van der Waals surface area contributed by atoms with Gasteiger partial charge in [-0.1, -0.05) is 32.6 Å². The molecule has 1 aliphatic carbocycles. The highest BCUT2D eigenvalue weighted by Gasteiger charge is 2.37. The molecule has 1 unspecified atom stereocenters. The number of hydrogen-bond acceptors (Lipinski definition) is 2. The fraction of sp³-hybridized carbons (Fsp3) is 0.929. The fourth-order valence-electron chi connectivity index (χ4n) is 2.91. The Bertz CT molecular complexity index is 249. The van der Waals surface area contributed by atoms with Gasteiger partial charge in [0.1, 0.15) is 5.54 Å². The average molecular weight is 241 g/mol. The summed E-state index contributed by atoms with van der Waals surface area (Å²) in [4.78, 5) is 13.5. The van der Waals surface area contributed by atoms with E-state index in [9.17, 15) is 9.90 Å². The van der Waals surface area contributed by atoms with Crippen molar-refractivity contribution in [3.63, 3.8) is 0 Å². The molecule has 0 saturated heterocycles. The summed E-state index contributed by atoms with van der Waals surface area (Å²) in [7, 11) is 1.97. The van der Waals surface area contributed by atoms with Crippen LogP contribution in [0.3, 0.4) is 0 Å². The number of carboxylic acids is 1. The predicted octanol–water partition coefficient (Wildman–Crippen LogP) is 3.14. The second-order valence-corrected chi connectivity index (χ2v) is 5.71. The molecule has 0 radical (unpaired) electrons. The van der Waals surface area contributed by atoms with E-state index in [1.54, 1.807) is 0 Å². The standard InChI is InChI=1S/C14H27NO2/c1-4-10-14(2,13(16)17)15(3)11-12-8-6-5-7-9-12/h12H,4-11H2,1-3H3,(H,16,17). The van der Waals surface area contributed by atoms with Crippen LogP contribution in [0.5, 0.6) is 0 Å². The van der Waals surface area contributed by atoms with E-state index in [2.05, 4.69) is 11.8 Å². The van der Waals surface area contributed by atoms with Crippen LogP contribution in [0, 0.1) is 5.92 Å². The van der Waals surface area contributed by atoms with Gasteiger partial charge < -0.3 is 5.11 Å². The van der Waals surface area contributed by atoms with Gasteiger partial charge in [0.25, 0.3) is 0 Å². The first kappa shape index (κ1) is 14.5. The van der Waals surface area contributed by atoms with Gasteiger partial charge >= 0.3 is 5.97 Å². The summed E-state index contributed by atoms with van der Waals surface area (Å²) in [6.07, 6.45) is 8.17. The van der Waals surface area contributed by atoms with Gasteiger partial charge in [-0.2, -0.15) is 0 Å². The van der Waals surface area contributed by atoms with Crippen LogP contribution in [0.15, 0.2) is 0 Å². The first-order chi connectivity index (χ1) is 8.00.